The molecule has 2 aliphatic heterocycles. The molecule has 0 aromatic rings. The number of hydrogen-bond acceptors (Lipinski definition) is 12. The van der Waals surface area contributed by atoms with Gasteiger partial charge in [0.25, 0.3) is 0 Å². The van der Waals surface area contributed by atoms with Crippen LogP contribution in [0.25, 0.3) is 0 Å². The van der Waals surface area contributed by atoms with Crippen molar-refractivity contribution in [3.63, 3.8) is 0 Å². The Morgan fingerprint density at radius 1 is 0.907 bits per heavy atom. The monoisotopic (exact) mass is 658 g/mol. The van der Waals surface area contributed by atoms with Crippen LogP contribution in [0.4, 0.5) is 9.59 Å². The Hall–Kier alpha value is -2.22. The molecule has 0 spiro atoms. The van der Waals surface area contributed by atoms with E-state index in [1.165, 1.54) is 11.8 Å². The standard InChI is InChI=1S/C23H39N4O14PS/c28-12(29)6-2-3-7-23(19-11(10-43-23)26-21(35)27-19)20(34)24-8-4-1-5-9-25-22(36)40-17-13(30)15(32)18(16(33)14(17)31)41-42(37,38)39/h11,13-19,30-33H,1-10H2,(H,24,34)(H,25,36)(H,28,29)(H2,26,27,35)(H2,37,38,39)/t11-,13-,14+,15-,16-,17+,18+,19-,23-/m0/s1. The highest BCUT2D eigenvalue weighted by Crippen LogP contribution is 2.44. The Labute approximate surface area is 250 Å². The van der Waals surface area contributed by atoms with Gasteiger partial charge in [0, 0.05) is 25.3 Å². The van der Waals surface area contributed by atoms with Crippen molar-refractivity contribution < 1.29 is 68.3 Å². The molecule has 1 aliphatic carbocycles. The van der Waals surface area contributed by atoms with E-state index in [9.17, 15) is 44.2 Å². The van der Waals surface area contributed by atoms with Crippen LogP contribution in [0.3, 0.4) is 0 Å². The Morgan fingerprint density at radius 3 is 2.12 bits per heavy atom. The number of nitrogens with one attached hydrogen (secondary N) is 4. The summed E-state index contributed by atoms with van der Waals surface area (Å²) in [4.78, 5) is 66.0. The number of fused-ring (bicyclic) bond motifs is 1. The first-order valence-electron chi connectivity index (χ1n) is 13.8. The van der Waals surface area contributed by atoms with Gasteiger partial charge in [0.1, 0.15) is 35.3 Å². The van der Waals surface area contributed by atoms with Gasteiger partial charge in [-0.05, 0) is 32.1 Å². The molecule has 18 nitrogen and oxygen atoms in total. The number of aliphatic hydroxyl groups excluding tert-OH is 4. The number of hydrogen-bond donors (Lipinski definition) is 11. The zero-order valence-corrected chi connectivity index (χ0v) is 24.7. The predicted molar refractivity (Wildman–Crippen MR) is 147 cm³/mol. The molecule has 2 heterocycles. The second-order valence-corrected chi connectivity index (χ2v) is 13.2. The van der Waals surface area contributed by atoms with Crippen LogP contribution in [0.2, 0.25) is 0 Å². The number of urea groups is 1. The van der Waals surface area contributed by atoms with E-state index >= 15 is 0 Å². The topological polar surface area (TPSA) is 294 Å². The molecular weight excluding hydrogens is 619 g/mol. The molecule has 3 fully saturated rings. The van der Waals surface area contributed by atoms with Crippen molar-refractivity contribution in [2.45, 2.75) is 98.4 Å². The van der Waals surface area contributed by atoms with E-state index in [1.807, 2.05) is 0 Å². The summed E-state index contributed by atoms with van der Waals surface area (Å²) < 4.78 is 19.3. The number of alkyl carbamates (subject to hydrolysis) is 1. The van der Waals surface area contributed by atoms with Crippen LogP contribution in [0.1, 0.15) is 44.9 Å². The van der Waals surface area contributed by atoms with Crippen molar-refractivity contribution in [3.8, 4) is 0 Å². The van der Waals surface area contributed by atoms with Crippen molar-refractivity contribution in [3.05, 3.63) is 0 Å². The van der Waals surface area contributed by atoms with E-state index < -0.39 is 67.3 Å². The van der Waals surface area contributed by atoms with Gasteiger partial charge in [-0.2, -0.15) is 0 Å². The Kier molecular flexibility index (Phi) is 12.4. The zero-order chi connectivity index (χ0) is 31.9. The number of aliphatic carboxylic acids is 1. The summed E-state index contributed by atoms with van der Waals surface area (Å²) in [6.07, 6.45) is -10.3. The molecule has 4 amide bonds. The number of phosphoric ester groups is 1. The second-order valence-electron chi connectivity index (χ2n) is 10.6. The van der Waals surface area contributed by atoms with Gasteiger partial charge in [0.15, 0.2) is 6.10 Å². The van der Waals surface area contributed by atoms with Gasteiger partial charge in [0.05, 0.1) is 12.1 Å². The first kappa shape index (κ1) is 35.3. The second kappa shape index (κ2) is 15.2. The Bertz CT molecular complexity index is 1050. The molecule has 0 unspecified atom stereocenters. The fourth-order valence-corrected chi connectivity index (χ4v) is 7.61. The molecule has 0 aromatic heterocycles. The fourth-order valence-electron chi connectivity index (χ4n) is 5.39. The molecule has 0 radical (unpaired) electrons. The van der Waals surface area contributed by atoms with Crippen LogP contribution >= 0.6 is 19.6 Å². The maximum atomic E-state index is 13.3. The van der Waals surface area contributed by atoms with E-state index in [2.05, 4.69) is 25.8 Å². The minimum Gasteiger partial charge on any atom is -0.481 e. The van der Waals surface area contributed by atoms with E-state index in [4.69, 9.17) is 19.6 Å². The molecule has 3 rings (SSSR count). The van der Waals surface area contributed by atoms with Crippen LogP contribution < -0.4 is 21.3 Å². The van der Waals surface area contributed by atoms with Gasteiger partial charge in [-0.25, -0.2) is 14.2 Å². The van der Waals surface area contributed by atoms with Crippen molar-refractivity contribution in [2.75, 3.05) is 18.8 Å². The minimum absolute atomic E-state index is 0.0107. The van der Waals surface area contributed by atoms with Crippen molar-refractivity contribution >= 4 is 43.6 Å². The summed E-state index contributed by atoms with van der Waals surface area (Å²) in [7, 11) is -5.19. The number of thioether (sulfide) groups is 1. The Morgan fingerprint density at radius 2 is 1.51 bits per heavy atom. The van der Waals surface area contributed by atoms with Gasteiger partial charge in [-0.15, -0.1) is 11.8 Å². The minimum atomic E-state index is -5.19. The average molecular weight is 659 g/mol. The first-order chi connectivity index (χ1) is 20.2. The third-order valence-corrected chi connectivity index (χ3v) is 9.76. The highest BCUT2D eigenvalue weighted by molar-refractivity contribution is 8.01. The summed E-state index contributed by atoms with van der Waals surface area (Å²) in [6, 6.07) is -0.967. The molecule has 2 saturated heterocycles. The Balaban J connectivity index is 1.38. The first-order valence-corrected chi connectivity index (χ1v) is 16.3. The lowest BCUT2D eigenvalue weighted by Gasteiger charge is -2.42. The predicted octanol–water partition coefficient (Wildman–Crippen LogP) is -2.52. The molecule has 9 atom stereocenters. The average Bonchev–Trinajstić information content (AvgIpc) is 3.47. The highest BCUT2D eigenvalue weighted by atomic mass is 32.2. The maximum Gasteiger partial charge on any atom is 0.470 e. The van der Waals surface area contributed by atoms with E-state index in [0.717, 1.165) is 0 Å². The normalized spacial score (nSPS) is 33.7. The SMILES string of the molecule is O=C(O)CCCC[C@]1(C(=O)NCCCCCNC(=O)O[C@H]2[C@H](O)[C@H](O)[C@H](OP(=O)(O)O)[C@@H](O)[C@@H]2O)SC[C@@H]2NC(=O)N[C@@H]21. The van der Waals surface area contributed by atoms with Crippen LogP contribution in [0.5, 0.6) is 0 Å². The summed E-state index contributed by atoms with van der Waals surface area (Å²) >= 11 is 1.44. The summed E-state index contributed by atoms with van der Waals surface area (Å²) in [5, 5.41) is 60.2. The van der Waals surface area contributed by atoms with Crippen molar-refractivity contribution in [2.24, 2.45) is 0 Å². The van der Waals surface area contributed by atoms with Crippen LogP contribution in [-0.2, 0) is 23.4 Å². The molecule has 20 heteroatoms. The number of unbranched alkanes of at least 4 members (excludes halogenated alkanes) is 3. The van der Waals surface area contributed by atoms with E-state index in [0.29, 0.717) is 50.8 Å². The fraction of sp³-hybridized carbons (Fsp3) is 0.826. The van der Waals surface area contributed by atoms with E-state index in [1.54, 1.807) is 0 Å². The van der Waals surface area contributed by atoms with Gasteiger partial charge in [-0.3, -0.25) is 14.1 Å². The molecule has 43 heavy (non-hydrogen) atoms. The summed E-state index contributed by atoms with van der Waals surface area (Å²) in [6.45, 7) is 0.416. The molecular formula is C23H39N4O14PS. The number of rotatable bonds is 15. The van der Waals surface area contributed by atoms with Crippen molar-refractivity contribution in [1.29, 1.82) is 0 Å². The molecule has 3 aliphatic rings. The lowest BCUT2D eigenvalue weighted by atomic mass is 9.85. The zero-order valence-electron chi connectivity index (χ0n) is 23.0. The number of carbonyl (C=O) groups excluding carboxylic acids is 3. The van der Waals surface area contributed by atoms with E-state index in [-0.39, 0.29) is 30.9 Å². The van der Waals surface area contributed by atoms with Gasteiger partial charge in [-0.1, -0.05) is 6.42 Å². The molecule has 1 saturated carbocycles. The molecule has 246 valence electrons. The number of amides is 4. The number of phosphoric acid groups is 1. The number of carboxylic acid groups (broad SMARTS) is 1. The van der Waals surface area contributed by atoms with Crippen molar-refractivity contribution in [1.82, 2.24) is 21.3 Å². The largest absolute Gasteiger partial charge is 0.481 e. The van der Waals surface area contributed by atoms with Gasteiger partial charge in [0.2, 0.25) is 5.91 Å². The number of ether oxygens (including phenoxy) is 1. The van der Waals surface area contributed by atoms with Crippen LogP contribution in [-0.4, -0.2) is 132 Å². The molecule has 0 bridgehead atoms. The molecule has 0 aromatic carbocycles. The third kappa shape index (κ3) is 9.15. The summed E-state index contributed by atoms with van der Waals surface area (Å²) in [5.41, 5.74) is 0. The lowest BCUT2D eigenvalue weighted by Crippen LogP contribution is -2.65. The highest BCUT2D eigenvalue weighted by Gasteiger charge is 2.57. The summed E-state index contributed by atoms with van der Waals surface area (Å²) in [5.74, 6) is -0.611. The smallest absolute Gasteiger partial charge is 0.470 e. The maximum absolute atomic E-state index is 13.3. The number of carboxylic acids is 1. The van der Waals surface area contributed by atoms with Gasteiger partial charge >= 0.3 is 25.9 Å². The lowest BCUT2D eigenvalue weighted by molar-refractivity contribution is -0.219. The molecule has 11 N–H and O–H groups in total. The van der Waals surface area contributed by atoms with Crippen LogP contribution in [0, 0.1) is 0 Å². The quantitative estimate of drug-likeness (QED) is 0.0492. The van der Waals surface area contributed by atoms with Crippen LogP contribution in [0.15, 0.2) is 0 Å². The van der Waals surface area contributed by atoms with Gasteiger partial charge < -0.3 is 61.3 Å². The third-order valence-electron chi connectivity index (χ3n) is 7.56. The number of aliphatic hydroxyl groups is 4. The number of carbonyl (C=O) groups is 4.